The molecule has 16 heavy (non-hydrogen) atoms. The molecule has 0 aromatic heterocycles. The van der Waals surface area contributed by atoms with Gasteiger partial charge in [-0.1, -0.05) is 18.2 Å². The molecule has 1 N–H and O–H groups in total. The lowest BCUT2D eigenvalue weighted by molar-refractivity contribution is 0.200. The number of para-hydroxylation sites is 1. The Morgan fingerprint density at radius 3 is 2.94 bits per heavy atom. The summed E-state index contributed by atoms with van der Waals surface area (Å²) < 4.78 is 5.69. The summed E-state index contributed by atoms with van der Waals surface area (Å²) in [6, 6.07) is 8.41. The summed E-state index contributed by atoms with van der Waals surface area (Å²) in [6.45, 7) is 4.22. The third-order valence-corrected chi connectivity index (χ3v) is 4.03. The van der Waals surface area contributed by atoms with Gasteiger partial charge in [0.05, 0.1) is 6.61 Å². The van der Waals surface area contributed by atoms with Crippen LogP contribution in [-0.4, -0.2) is 18.7 Å². The van der Waals surface area contributed by atoms with Crippen LogP contribution in [0.3, 0.4) is 0 Å². The maximum atomic E-state index is 5.69. The molecule has 1 aromatic rings. The second kappa shape index (κ2) is 3.77. The number of hydrogen-bond donors (Lipinski definition) is 1. The number of nitrogens with one attached hydrogen (secondary N) is 1. The molecular formula is C14H19NO. The van der Waals surface area contributed by atoms with Gasteiger partial charge in [-0.25, -0.2) is 0 Å². The summed E-state index contributed by atoms with van der Waals surface area (Å²) in [7, 11) is 0. The van der Waals surface area contributed by atoms with Gasteiger partial charge in [0.1, 0.15) is 5.75 Å². The van der Waals surface area contributed by atoms with Gasteiger partial charge in [0.25, 0.3) is 0 Å². The van der Waals surface area contributed by atoms with Crippen LogP contribution in [0.4, 0.5) is 0 Å². The molecule has 1 unspecified atom stereocenters. The number of ether oxygens (including phenoxy) is 1. The van der Waals surface area contributed by atoms with Gasteiger partial charge in [-0.05, 0) is 32.3 Å². The Kier molecular flexibility index (Phi) is 2.40. The Hall–Kier alpha value is -1.02. The molecule has 2 heteroatoms. The number of hydrogen-bond acceptors (Lipinski definition) is 2. The molecule has 1 fully saturated rings. The molecule has 0 spiro atoms. The van der Waals surface area contributed by atoms with Crippen LogP contribution in [0.15, 0.2) is 24.3 Å². The van der Waals surface area contributed by atoms with Crippen LogP contribution in [0, 0.1) is 0 Å². The molecule has 0 saturated heterocycles. The van der Waals surface area contributed by atoms with Crippen molar-refractivity contribution < 1.29 is 4.74 Å². The lowest BCUT2D eigenvalue weighted by atomic mass is 9.78. The van der Waals surface area contributed by atoms with Gasteiger partial charge in [-0.15, -0.1) is 0 Å². The first kappa shape index (κ1) is 10.2. The summed E-state index contributed by atoms with van der Waals surface area (Å²) in [5.74, 6) is 1.61. The minimum absolute atomic E-state index is 0.400. The van der Waals surface area contributed by atoms with Crippen LogP contribution in [0.5, 0.6) is 5.75 Å². The monoisotopic (exact) mass is 217 g/mol. The van der Waals surface area contributed by atoms with Crippen molar-refractivity contribution in [2.45, 2.75) is 37.6 Å². The zero-order valence-corrected chi connectivity index (χ0v) is 9.83. The Morgan fingerprint density at radius 2 is 2.19 bits per heavy atom. The van der Waals surface area contributed by atoms with Crippen LogP contribution in [0.2, 0.25) is 0 Å². The van der Waals surface area contributed by atoms with Gasteiger partial charge < -0.3 is 10.1 Å². The Balaban J connectivity index is 1.65. The van der Waals surface area contributed by atoms with Crippen molar-refractivity contribution in [1.29, 1.82) is 0 Å². The highest BCUT2D eigenvalue weighted by atomic mass is 16.5. The van der Waals surface area contributed by atoms with E-state index in [9.17, 15) is 0 Å². The molecule has 0 bridgehead atoms. The fourth-order valence-corrected chi connectivity index (χ4v) is 2.65. The topological polar surface area (TPSA) is 21.3 Å². The fraction of sp³-hybridized carbons (Fsp3) is 0.571. The highest BCUT2D eigenvalue weighted by Gasteiger charge is 2.33. The first-order valence-corrected chi connectivity index (χ1v) is 6.24. The number of fused-ring (bicyclic) bond motifs is 1. The van der Waals surface area contributed by atoms with Crippen LogP contribution in [0.1, 0.15) is 37.7 Å². The molecule has 1 saturated carbocycles. The van der Waals surface area contributed by atoms with Crippen molar-refractivity contribution in [3.63, 3.8) is 0 Å². The fourth-order valence-electron chi connectivity index (χ4n) is 2.65. The standard InChI is InChI=1S/C14H19NO/c1-14(7-4-8-14)15-9-11-10-16-13-6-3-2-5-12(11)13/h2-3,5-6,11,15H,4,7-10H2,1H3. The number of benzene rings is 1. The van der Waals surface area contributed by atoms with Crippen molar-refractivity contribution in [2.24, 2.45) is 0 Å². The lowest BCUT2D eigenvalue weighted by Gasteiger charge is -2.40. The second-order valence-electron chi connectivity index (χ2n) is 5.34. The minimum Gasteiger partial charge on any atom is -0.493 e. The zero-order valence-electron chi connectivity index (χ0n) is 9.83. The Labute approximate surface area is 97.0 Å². The van der Waals surface area contributed by atoms with Crippen molar-refractivity contribution >= 4 is 0 Å². The Bertz CT molecular complexity index is 384. The summed E-state index contributed by atoms with van der Waals surface area (Å²) in [5, 5.41) is 3.70. The number of rotatable bonds is 3. The van der Waals surface area contributed by atoms with E-state index in [1.54, 1.807) is 0 Å². The van der Waals surface area contributed by atoms with Crippen molar-refractivity contribution in [3.8, 4) is 5.75 Å². The predicted octanol–water partition coefficient (Wildman–Crippen LogP) is 2.69. The smallest absolute Gasteiger partial charge is 0.122 e. The van der Waals surface area contributed by atoms with Gasteiger partial charge in [-0.2, -0.15) is 0 Å². The van der Waals surface area contributed by atoms with E-state index >= 15 is 0 Å². The molecular weight excluding hydrogens is 198 g/mol. The maximum absolute atomic E-state index is 5.69. The third-order valence-electron chi connectivity index (χ3n) is 4.03. The molecule has 1 aromatic carbocycles. The minimum atomic E-state index is 0.400. The quantitative estimate of drug-likeness (QED) is 0.840. The van der Waals surface area contributed by atoms with Gasteiger partial charge in [0.2, 0.25) is 0 Å². The first-order chi connectivity index (χ1) is 7.77. The normalized spacial score (nSPS) is 25.7. The molecule has 3 rings (SSSR count). The molecule has 1 atom stereocenters. The summed E-state index contributed by atoms with van der Waals surface area (Å²) in [6.07, 6.45) is 4.02. The van der Waals surface area contributed by atoms with Gasteiger partial charge in [-0.3, -0.25) is 0 Å². The van der Waals surface area contributed by atoms with Crippen LogP contribution in [0.25, 0.3) is 0 Å². The predicted molar refractivity (Wildman–Crippen MR) is 64.9 cm³/mol. The third kappa shape index (κ3) is 1.71. The summed E-state index contributed by atoms with van der Waals surface area (Å²) >= 11 is 0. The molecule has 86 valence electrons. The van der Waals surface area contributed by atoms with Gasteiger partial charge in [0.15, 0.2) is 0 Å². The van der Waals surface area contributed by atoms with E-state index in [2.05, 4.69) is 30.4 Å². The van der Waals surface area contributed by atoms with E-state index in [1.165, 1.54) is 24.8 Å². The van der Waals surface area contributed by atoms with Crippen LogP contribution < -0.4 is 10.1 Å². The van der Waals surface area contributed by atoms with Gasteiger partial charge >= 0.3 is 0 Å². The van der Waals surface area contributed by atoms with E-state index in [4.69, 9.17) is 4.74 Å². The average molecular weight is 217 g/mol. The summed E-state index contributed by atoms with van der Waals surface area (Å²) in [5.41, 5.74) is 1.77. The van der Waals surface area contributed by atoms with E-state index < -0.39 is 0 Å². The largest absolute Gasteiger partial charge is 0.493 e. The average Bonchev–Trinajstić information content (AvgIpc) is 2.67. The van der Waals surface area contributed by atoms with E-state index in [0.29, 0.717) is 11.5 Å². The lowest BCUT2D eigenvalue weighted by Crippen LogP contribution is -2.49. The highest BCUT2D eigenvalue weighted by molar-refractivity contribution is 5.39. The molecule has 2 nitrogen and oxygen atoms in total. The second-order valence-corrected chi connectivity index (χ2v) is 5.34. The molecule has 0 amide bonds. The molecule has 1 aliphatic heterocycles. The van der Waals surface area contributed by atoms with Crippen LogP contribution >= 0.6 is 0 Å². The van der Waals surface area contributed by atoms with E-state index in [1.807, 2.05) is 6.07 Å². The molecule has 2 aliphatic rings. The highest BCUT2D eigenvalue weighted by Crippen LogP contribution is 2.35. The van der Waals surface area contributed by atoms with Gasteiger partial charge in [0, 0.05) is 23.6 Å². The SMILES string of the molecule is CC1(NCC2COc3ccccc32)CCC1. The molecule has 1 heterocycles. The maximum Gasteiger partial charge on any atom is 0.122 e. The Morgan fingerprint density at radius 1 is 1.38 bits per heavy atom. The molecule has 1 aliphatic carbocycles. The van der Waals surface area contributed by atoms with Crippen molar-refractivity contribution in [2.75, 3.05) is 13.2 Å². The van der Waals surface area contributed by atoms with Crippen molar-refractivity contribution in [3.05, 3.63) is 29.8 Å². The first-order valence-electron chi connectivity index (χ1n) is 6.24. The summed E-state index contributed by atoms with van der Waals surface area (Å²) in [4.78, 5) is 0. The van der Waals surface area contributed by atoms with Crippen LogP contribution in [-0.2, 0) is 0 Å². The van der Waals surface area contributed by atoms with E-state index in [-0.39, 0.29) is 0 Å². The molecule has 0 radical (unpaired) electrons. The van der Waals surface area contributed by atoms with Crippen molar-refractivity contribution in [1.82, 2.24) is 5.32 Å². The zero-order chi connectivity index (χ0) is 11.0. The van der Waals surface area contributed by atoms with E-state index in [0.717, 1.165) is 18.9 Å².